The number of methoxy groups -OCH3 is 2. The molecule has 0 spiro atoms. The predicted molar refractivity (Wildman–Crippen MR) is 181 cm³/mol. The molecule has 0 saturated carbocycles. The van der Waals surface area contributed by atoms with Crippen LogP contribution in [0.2, 0.25) is 0 Å². The fourth-order valence-electron chi connectivity index (χ4n) is 5.25. The van der Waals surface area contributed by atoms with E-state index in [0.29, 0.717) is 31.4 Å². The smallest absolute Gasteiger partial charge is 0.416 e. The Bertz CT molecular complexity index is 1420. The molecule has 0 amide bonds. The van der Waals surface area contributed by atoms with E-state index >= 15 is 0 Å². The predicted octanol–water partition coefficient (Wildman–Crippen LogP) is 3.39. The van der Waals surface area contributed by atoms with Gasteiger partial charge in [0.1, 0.15) is 0 Å². The van der Waals surface area contributed by atoms with E-state index in [0.717, 1.165) is 6.42 Å². The lowest BCUT2D eigenvalue weighted by atomic mass is 9.67. The van der Waals surface area contributed by atoms with Crippen LogP contribution in [0.1, 0.15) is 43.4 Å². The van der Waals surface area contributed by atoms with Gasteiger partial charge in [-0.25, -0.2) is 0 Å². The lowest BCUT2D eigenvalue weighted by molar-refractivity contribution is -0.892. The van der Waals surface area contributed by atoms with Gasteiger partial charge >= 0.3 is 11.8 Å². The minimum absolute atomic E-state index is 0.159. The fourth-order valence-corrected chi connectivity index (χ4v) is 5.25. The molecule has 10 heteroatoms. The third-order valence-corrected chi connectivity index (χ3v) is 7.28. The van der Waals surface area contributed by atoms with E-state index in [4.69, 9.17) is 23.8 Å². The Kier molecular flexibility index (Phi) is 16.5. The molecule has 0 aliphatic heterocycles. The number of hydrogen-bond acceptors (Lipinski definition) is 7. The number of aromatic nitrogens is 2. The Morgan fingerprint density at radius 3 is 1.27 bits per heavy atom. The largest absolute Gasteiger partial charge is 0.871 e. The first kappa shape index (κ1) is 37.6. The van der Waals surface area contributed by atoms with Gasteiger partial charge in [-0.3, -0.25) is 9.68 Å². The van der Waals surface area contributed by atoms with Crippen LogP contribution < -0.4 is 38.7 Å². The van der Waals surface area contributed by atoms with Crippen molar-refractivity contribution in [2.24, 2.45) is 0 Å². The fraction of sp³-hybridized carbons (Fsp3) is 0.263. The molecule has 9 nitrogen and oxygen atoms in total. The number of hydrogen-bond donors (Lipinski definition) is 0. The van der Waals surface area contributed by atoms with Crippen LogP contribution in [0.5, 0.6) is 11.8 Å². The zero-order valence-corrected chi connectivity index (χ0v) is 28.1. The molecular formula is C38H45BN2O7. The first-order valence-corrected chi connectivity index (χ1v) is 16.0. The zero-order chi connectivity index (χ0) is 34.5. The summed E-state index contributed by atoms with van der Waals surface area (Å²) in [5, 5.41) is 21.4. The van der Waals surface area contributed by atoms with Crippen molar-refractivity contribution in [2.45, 2.75) is 32.1 Å². The number of rotatable bonds is 14. The van der Waals surface area contributed by atoms with Gasteiger partial charge in [0.05, 0.1) is 33.7 Å². The minimum atomic E-state index is -2.23. The van der Waals surface area contributed by atoms with Gasteiger partial charge in [-0.15, -0.1) is 0 Å². The Morgan fingerprint density at radius 2 is 0.938 bits per heavy atom. The highest BCUT2D eigenvalue weighted by molar-refractivity contribution is 6.28. The van der Waals surface area contributed by atoms with Gasteiger partial charge in [0.25, 0.3) is 0 Å². The minimum Gasteiger partial charge on any atom is -0.871 e. The summed E-state index contributed by atoms with van der Waals surface area (Å²) in [6.07, 6.45) is 4.96. The highest BCUT2D eigenvalue weighted by atomic mass is 16.7. The van der Waals surface area contributed by atoms with Crippen LogP contribution in [-0.4, -0.2) is 41.4 Å². The molecule has 3 aromatic carbocycles. The summed E-state index contributed by atoms with van der Waals surface area (Å²) in [6, 6.07) is 42.3. The summed E-state index contributed by atoms with van der Waals surface area (Å²) in [7, 11) is 1.00. The molecule has 0 bridgehead atoms. The summed E-state index contributed by atoms with van der Waals surface area (Å²) < 4.78 is 18.0. The normalized spacial score (nSPS) is 10.4. The second-order valence-corrected chi connectivity index (χ2v) is 10.2. The summed E-state index contributed by atoms with van der Waals surface area (Å²) >= 11 is 0. The maximum atomic E-state index is 10.7. The first-order chi connectivity index (χ1) is 23.5. The van der Waals surface area contributed by atoms with Crippen molar-refractivity contribution in [2.75, 3.05) is 34.0 Å². The van der Waals surface area contributed by atoms with Gasteiger partial charge in [-0.2, -0.15) is 0 Å². The van der Waals surface area contributed by atoms with Crippen molar-refractivity contribution in [3.05, 3.63) is 156 Å². The number of benzene rings is 3. The van der Waals surface area contributed by atoms with Gasteiger partial charge in [-0.05, 0) is 55.5 Å². The third kappa shape index (κ3) is 11.1. The van der Waals surface area contributed by atoms with Gasteiger partial charge in [0.2, 0.25) is 12.4 Å². The quantitative estimate of drug-likeness (QED) is 0.0785. The molecule has 0 aliphatic rings. The summed E-state index contributed by atoms with van der Waals surface area (Å²) in [4.78, 5) is 10.4. The second kappa shape index (κ2) is 21.1. The molecule has 0 fully saturated rings. The molecule has 252 valence electrons. The van der Waals surface area contributed by atoms with Crippen LogP contribution in [0, 0.1) is 0 Å². The maximum Gasteiger partial charge on any atom is 0.416 e. The highest BCUT2D eigenvalue weighted by Gasteiger charge is 2.35. The van der Waals surface area contributed by atoms with E-state index in [1.807, 2.05) is 117 Å². The highest BCUT2D eigenvalue weighted by Crippen LogP contribution is 2.42. The molecule has 48 heavy (non-hydrogen) atoms. The number of pyridine rings is 2. The monoisotopic (exact) mass is 652 g/mol. The Hall–Kier alpha value is -4.90. The first-order valence-electron chi connectivity index (χ1n) is 16.0. The van der Waals surface area contributed by atoms with Crippen molar-refractivity contribution < 1.29 is 43.3 Å². The SMILES string of the molecule is CCO[n+]1ccccc1OC.CCO[n+]1ccccc1OC.[O-]B([O-])OCCCC(c1ccccc1)(c1ccccc1)c1ccccc1. The van der Waals surface area contributed by atoms with Gasteiger partial charge in [0.15, 0.2) is 13.2 Å². The van der Waals surface area contributed by atoms with Gasteiger partial charge < -0.3 is 24.2 Å². The molecule has 5 rings (SSSR count). The molecule has 2 aromatic heterocycles. The van der Waals surface area contributed by atoms with Crippen molar-refractivity contribution in [3.8, 4) is 11.8 Å². The number of ether oxygens (including phenoxy) is 2. The Labute approximate surface area is 284 Å². The zero-order valence-electron chi connectivity index (χ0n) is 28.1. The molecule has 0 radical (unpaired) electrons. The van der Waals surface area contributed by atoms with E-state index in [2.05, 4.69) is 36.4 Å². The van der Waals surface area contributed by atoms with Crippen molar-refractivity contribution >= 4 is 7.32 Å². The number of nitrogens with zero attached hydrogens (tertiary/aromatic N) is 2. The average Bonchev–Trinajstić information content (AvgIpc) is 3.14. The summed E-state index contributed by atoms with van der Waals surface area (Å²) in [6.45, 7) is 5.28. The van der Waals surface area contributed by atoms with E-state index < -0.39 is 7.32 Å². The average molecular weight is 653 g/mol. The molecule has 5 aromatic rings. The van der Waals surface area contributed by atoms with Crippen molar-refractivity contribution in [1.82, 2.24) is 0 Å². The van der Waals surface area contributed by atoms with Crippen LogP contribution in [0.15, 0.2) is 140 Å². The third-order valence-electron chi connectivity index (χ3n) is 7.28. The topological polar surface area (TPSA) is 100 Å². The van der Waals surface area contributed by atoms with Crippen LogP contribution in [0.4, 0.5) is 0 Å². The molecule has 2 heterocycles. The molecular weight excluding hydrogens is 607 g/mol. The maximum absolute atomic E-state index is 10.7. The molecule has 0 saturated heterocycles. The molecule has 0 atom stereocenters. The van der Waals surface area contributed by atoms with Crippen molar-refractivity contribution in [3.63, 3.8) is 0 Å². The summed E-state index contributed by atoms with van der Waals surface area (Å²) in [5.74, 6) is 1.41. The van der Waals surface area contributed by atoms with E-state index in [-0.39, 0.29) is 12.0 Å². The molecule has 0 N–H and O–H groups in total. The van der Waals surface area contributed by atoms with Crippen LogP contribution in [0.25, 0.3) is 0 Å². The van der Waals surface area contributed by atoms with E-state index in [1.165, 1.54) is 16.7 Å². The van der Waals surface area contributed by atoms with E-state index in [9.17, 15) is 10.0 Å². The van der Waals surface area contributed by atoms with Crippen LogP contribution in [0.3, 0.4) is 0 Å². The Balaban J connectivity index is 0.000000233. The van der Waals surface area contributed by atoms with Gasteiger partial charge in [-0.1, -0.05) is 91.0 Å². The lowest BCUT2D eigenvalue weighted by Gasteiger charge is -2.37. The standard InChI is InChI=1S/C22H21BO3.2C8H12NO2/c24-23(25)26-18-10-17-22(19-11-4-1-5-12-19,20-13-6-2-7-14-20)21-15-8-3-9-16-21;2*1-3-11-9-7-5-4-6-8(9)10-2/h1-9,11-16H,10,17-18H2;2*4-7H,3H2,1-2H3/q-2;2*+1. The Morgan fingerprint density at radius 1 is 0.562 bits per heavy atom. The van der Waals surface area contributed by atoms with Gasteiger partial charge in [0, 0.05) is 33.6 Å². The van der Waals surface area contributed by atoms with E-state index in [1.54, 1.807) is 23.7 Å². The van der Waals surface area contributed by atoms with Crippen LogP contribution in [-0.2, 0) is 10.1 Å². The lowest BCUT2D eigenvalue weighted by Crippen LogP contribution is -2.48. The molecule has 0 aliphatic carbocycles. The molecule has 0 unspecified atom stereocenters. The van der Waals surface area contributed by atoms with Crippen LogP contribution >= 0.6 is 0 Å². The summed E-state index contributed by atoms with van der Waals surface area (Å²) in [5.41, 5.74) is 3.17. The van der Waals surface area contributed by atoms with Crippen molar-refractivity contribution in [1.29, 1.82) is 0 Å². The second-order valence-electron chi connectivity index (χ2n) is 10.2.